The monoisotopic (exact) mass is 402 g/mol. The highest BCUT2D eigenvalue weighted by Gasteiger charge is 2.19. The zero-order valence-corrected chi connectivity index (χ0v) is 16.0. The Labute approximate surface area is 157 Å². The molecule has 0 heterocycles. The summed E-state index contributed by atoms with van der Waals surface area (Å²) in [4.78, 5) is 24.0. The van der Waals surface area contributed by atoms with Gasteiger partial charge in [0.2, 0.25) is 11.8 Å². The van der Waals surface area contributed by atoms with Crippen LogP contribution in [0.5, 0.6) is 0 Å². The molecule has 25 heavy (non-hydrogen) atoms. The van der Waals surface area contributed by atoms with Crippen molar-refractivity contribution in [3.8, 4) is 0 Å². The number of hydrogen-bond acceptors (Lipinski definition) is 2. The summed E-state index contributed by atoms with van der Waals surface area (Å²) in [5, 5.41) is 5.93. The number of carbonyl (C=O) groups is 2. The summed E-state index contributed by atoms with van der Waals surface area (Å²) < 4.78 is 1.01. The highest BCUT2D eigenvalue weighted by Crippen LogP contribution is 2.21. The van der Waals surface area contributed by atoms with Crippen LogP contribution in [0.2, 0.25) is 0 Å². The molecule has 2 amide bonds. The first-order valence-electron chi connectivity index (χ1n) is 8.36. The molecular formula is C20H23BrN2O2. The molecule has 0 radical (unpaired) electrons. The molecule has 4 nitrogen and oxygen atoms in total. The van der Waals surface area contributed by atoms with Crippen molar-refractivity contribution < 1.29 is 9.59 Å². The third kappa shape index (κ3) is 6.02. The number of carbonyl (C=O) groups excluding carboxylic acids is 2. The first kappa shape index (κ1) is 19.2. The molecule has 2 aromatic carbocycles. The molecule has 2 N–H and O–H groups in total. The van der Waals surface area contributed by atoms with Crippen LogP contribution in [0.4, 0.5) is 0 Å². The van der Waals surface area contributed by atoms with Gasteiger partial charge < -0.3 is 10.6 Å². The minimum atomic E-state index is -0.332. The van der Waals surface area contributed by atoms with Crippen LogP contribution < -0.4 is 10.6 Å². The summed E-state index contributed by atoms with van der Waals surface area (Å²) in [5.74, 6) is -0.237. The van der Waals surface area contributed by atoms with Gasteiger partial charge in [0.05, 0.1) is 18.5 Å². The van der Waals surface area contributed by atoms with Crippen LogP contribution in [0.25, 0.3) is 0 Å². The molecule has 0 aliphatic rings. The lowest BCUT2D eigenvalue weighted by Gasteiger charge is -2.21. The third-order valence-electron chi connectivity index (χ3n) is 3.98. The van der Waals surface area contributed by atoms with Crippen molar-refractivity contribution in [1.29, 1.82) is 0 Å². The van der Waals surface area contributed by atoms with Gasteiger partial charge in [-0.25, -0.2) is 0 Å². The fourth-order valence-electron chi connectivity index (χ4n) is 2.74. The first-order chi connectivity index (χ1) is 12.0. The molecule has 132 valence electrons. The van der Waals surface area contributed by atoms with Gasteiger partial charge in [0.1, 0.15) is 0 Å². The van der Waals surface area contributed by atoms with Crippen molar-refractivity contribution in [1.82, 2.24) is 10.6 Å². The quantitative estimate of drug-likeness (QED) is 0.725. The van der Waals surface area contributed by atoms with Gasteiger partial charge in [-0.05, 0) is 29.7 Å². The smallest absolute Gasteiger partial charge is 0.222 e. The number of benzene rings is 2. The van der Waals surface area contributed by atoms with E-state index < -0.39 is 0 Å². The van der Waals surface area contributed by atoms with Gasteiger partial charge >= 0.3 is 0 Å². The highest BCUT2D eigenvalue weighted by atomic mass is 79.9. The Bertz CT molecular complexity index is 701. The molecule has 2 atom stereocenters. The van der Waals surface area contributed by atoms with Gasteiger partial charge in [-0.15, -0.1) is 0 Å². The first-order valence-corrected chi connectivity index (χ1v) is 9.15. The van der Waals surface area contributed by atoms with Crippen LogP contribution in [0, 0.1) is 0 Å². The molecule has 0 aliphatic carbocycles. The maximum Gasteiger partial charge on any atom is 0.222 e. The maximum absolute atomic E-state index is 12.5. The molecule has 0 aromatic heterocycles. The fraction of sp³-hybridized carbons (Fsp3) is 0.300. The second-order valence-corrected chi connectivity index (χ2v) is 6.86. The number of nitrogens with one attached hydrogen (secondary N) is 2. The van der Waals surface area contributed by atoms with E-state index in [4.69, 9.17) is 0 Å². The SMILES string of the molecule is CCC(NC(=O)CC(NC(C)=O)c1ccccc1)c1ccc(Br)cc1. The number of amides is 2. The topological polar surface area (TPSA) is 58.2 Å². The normalized spacial score (nSPS) is 12.9. The van der Waals surface area contributed by atoms with Gasteiger partial charge in [0, 0.05) is 11.4 Å². The predicted octanol–water partition coefficient (Wildman–Crippen LogP) is 4.28. The van der Waals surface area contributed by atoms with Crippen LogP contribution in [-0.2, 0) is 9.59 Å². The third-order valence-corrected chi connectivity index (χ3v) is 4.51. The standard InChI is InChI=1S/C20H23BrN2O2/c1-3-18(16-9-11-17(21)12-10-16)23-20(25)13-19(22-14(2)24)15-7-5-4-6-8-15/h4-12,18-19H,3,13H2,1-2H3,(H,22,24)(H,23,25). The lowest BCUT2D eigenvalue weighted by Crippen LogP contribution is -2.34. The number of hydrogen-bond donors (Lipinski definition) is 2. The number of rotatable bonds is 7. The average molecular weight is 403 g/mol. The van der Waals surface area contributed by atoms with Crippen LogP contribution >= 0.6 is 15.9 Å². The van der Waals surface area contributed by atoms with Crippen LogP contribution in [0.3, 0.4) is 0 Å². The van der Waals surface area contributed by atoms with Gasteiger partial charge in [-0.2, -0.15) is 0 Å². The van der Waals surface area contributed by atoms with E-state index in [1.807, 2.05) is 61.5 Å². The Morgan fingerprint density at radius 2 is 1.52 bits per heavy atom. The number of halogens is 1. The molecular weight excluding hydrogens is 380 g/mol. The lowest BCUT2D eigenvalue weighted by atomic mass is 10.0. The second kappa shape index (κ2) is 9.37. The van der Waals surface area contributed by atoms with E-state index in [1.54, 1.807) is 0 Å². The Balaban J connectivity index is 2.06. The summed E-state index contributed by atoms with van der Waals surface area (Å²) in [7, 11) is 0. The van der Waals surface area contributed by atoms with Crippen molar-refractivity contribution >= 4 is 27.7 Å². The Kier molecular flexibility index (Phi) is 7.19. The van der Waals surface area contributed by atoms with Gasteiger partial charge in [0.15, 0.2) is 0 Å². The summed E-state index contributed by atoms with van der Waals surface area (Å²) in [6.45, 7) is 3.50. The average Bonchev–Trinajstić information content (AvgIpc) is 2.60. The largest absolute Gasteiger partial charge is 0.349 e. The van der Waals surface area contributed by atoms with Crippen LogP contribution in [-0.4, -0.2) is 11.8 Å². The van der Waals surface area contributed by atoms with E-state index in [0.29, 0.717) is 0 Å². The molecule has 2 unspecified atom stereocenters. The van der Waals surface area contributed by atoms with Crippen molar-refractivity contribution in [3.63, 3.8) is 0 Å². The Hall–Kier alpha value is -2.14. The highest BCUT2D eigenvalue weighted by molar-refractivity contribution is 9.10. The Morgan fingerprint density at radius 1 is 0.920 bits per heavy atom. The zero-order valence-electron chi connectivity index (χ0n) is 14.5. The molecule has 2 rings (SSSR count). The molecule has 0 aliphatic heterocycles. The van der Waals surface area contributed by atoms with E-state index in [1.165, 1.54) is 6.92 Å². The fourth-order valence-corrected chi connectivity index (χ4v) is 3.00. The van der Waals surface area contributed by atoms with E-state index in [9.17, 15) is 9.59 Å². The van der Waals surface area contributed by atoms with Crippen molar-refractivity contribution in [2.45, 2.75) is 38.8 Å². The maximum atomic E-state index is 12.5. The Morgan fingerprint density at radius 3 is 2.08 bits per heavy atom. The van der Waals surface area contributed by atoms with Crippen LogP contribution in [0.1, 0.15) is 49.9 Å². The molecule has 0 saturated heterocycles. The van der Waals surface area contributed by atoms with Gasteiger partial charge in [0.25, 0.3) is 0 Å². The zero-order chi connectivity index (χ0) is 18.2. The second-order valence-electron chi connectivity index (χ2n) is 5.95. The predicted molar refractivity (Wildman–Crippen MR) is 103 cm³/mol. The summed E-state index contributed by atoms with van der Waals surface area (Å²) >= 11 is 3.42. The van der Waals surface area contributed by atoms with Crippen molar-refractivity contribution in [3.05, 3.63) is 70.2 Å². The minimum absolute atomic E-state index is 0.0469. The molecule has 2 aromatic rings. The van der Waals surface area contributed by atoms with E-state index in [-0.39, 0.29) is 30.3 Å². The van der Waals surface area contributed by atoms with Gasteiger partial charge in [-0.3, -0.25) is 9.59 Å². The molecule has 0 fully saturated rings. The van der Waals surface area contributed by atoms with Crippen molar-refractivity contribution in [2.24, 2.45) is 0 Å². The molecule has 0 bridgehead atoms. The van der Waals surface area contributed by atoms with E-state index >= 15 is 0 Å². The van der Waals surface area contributed by atoms with E-state index in [0.717, 1.165) is 22.0 Å². The lowest BCUT2D eigenvalue weighted by molar-refractivity contribution is -0.123. The molecule has 0 saturated carbocycles. The van der Waals surface area contributed by atoms with Crippen molar-refractivity contribution in [2.75, 3.05) is 0 Å². The van der Waals surface area contributed by atoms with E-state index in [2.05, 4.69) is 26.6 Å². The van der Waals surface area contributed by atoms with Gasteiger partial charge in [-0.1, -0.05) is 65.3 Å². The summed E-state index contributed by atoms with van der Waals surface area (Å²) in [6, 6.07) is 17.1. The van der Waals surface area contributed by atoms with Crippen LogP contribution in [0.15, 0.2) is 59.1 Å². The molecule has 0 spiro atoms. The summed E-state index contributed by atoms with van der Waals surface area (Å²) in [6.07, 6.45) is 1.00. The minimum Gasteiger partial charge on any atom is -0.349 e. The summed E-state index contributed by atoms with van der Waals surface area (Å²) in [5.41, 5.74) is 1.99. The molecule has 5 heteroatoms.